The predicted molar refractivity (Wildman–Crippen MR) is 116 cm³/mol. The topological polar surface area (TPSA) is 66.9 Å². The van der Waals surface area contributed by atoms with Gasteiger partial charge < -0.3 is 9.64 Å². The van der Waals surface area contributed by atoms with Gasteiger partial charge in [0.25, 0.3) is 15.9 Å². The summed E-state index contributed by atoms with van der Waals surface area (Å²) in [5.74, 6) is 1.03. The van der Waals surface area contributed by atoms with E-state index in [2.05, 4.69) is 0 Å². The summed E-state index contributed by atoms with van der Waals surface area (Å²) in [7, 11) is -2.22. The quantitative estimate of drug-likeness (QED) is 0.732. The molecule has 0 radical (unpaired) electrons. The number of anilines is 1. The summed E-state index contributed by atoms with van der Waals surface area (Å²) >= 11 is 0. The van der Waals surface area contributed by atoms with E-state index in [1.54, 1.807) is 42.5 Å². The van der Waals surface area contributed by atoms with E-state index in [-0.39, 0.29) is 10.8 Å². The number of benzene rings is 2. The third-order valence-electron chi connectivity index (χ3n) is 6.30. The van der Waals surface area contributed by atoms with Gasteiger partial charge in [-0.05, 0) is 61.4 Å². The van der Waals surface area contributed by atoms with E-state index in [4.69, 9.17) is 4.74 Å². The van der Waals surface area contributed by atoms with Gasteiger partial charge in [0.2, 0.25) is 0 Å². The minimum atomic E-state index is -3.75. The second-order valence-corrected chi connectivity index (χ2v) is 10.1. The first-order chi connectivity index (χ1) is 14.5. The molecule has 2 aliphatic rings. The number of hydrogen-bond acceptors (Lipinski definition) is 4. The van der Waals surface area contributed by atoms with Crippen LogP contribution in [-0.2, 0) is 14.8 Å². The van der Waals surface area contributed by atoms with Crippen LogP contribution in [0, 0.1) is 11.8 Å². The summed E-state index contributed by atoms with van der Waals surface area (Å²) in [4.78, 5) is 15.1. The van der Waals surface area contributed by atoms with E-state index in [1.807, 2.05) is 11.0 Å². The van der Waals surface area contributed by atoms with Crippen LogP contribution in [0.15, 0.2) is 59.5 Å². The zero-order valence-corrected chi connectivity index (χ0v) is 18.1. The Hall–Kier alpha value is -2.38. The number of ether oxygens (including phenoxy) is 1. The first-order valence-electron chi connectivity index (χ1n) is 10.5. The van der Waals surface area contributed by atoms with Crippen molar-refractivity contribution in [2.24, 2.45) is 11.8 Å². The number of likely N-dealkylation sites (tertiary alicyclic amines) is 1. The Kier molecular flexibility index (Phi) is 6.11. The van der Waals surface area contributed by atoms with Gasteiger partial charge >= 0.3 is 0 Å². The third-order valence-corrected chi connectivity index (χ3v) is 8.09. The zero-order chi connectivity index (χ0) is 21.1. The molecule has 0 bridgehead atoms. The molecule has 6 nitrogen and oxygen atoms in total. The largest absolute Gasteiger partial charge is 0.381 e. The molecule has 2 saturated heterocycles. The number of nitrogens with zero attached hydrogens (tertiary/aromatic N) is 2. The van der Waals surface area contributed by atoms with Crippen LogP contribution in [0.3, 0.4) is 0 Å². The average molecular weight is 429 g/mol. The lowest BCUT2D eigenvalue weighted by atomic mass is 9.85. The highest BCUT2D eigenvalue weighted by Crippen LogP contribution is 2.32. The highest BCUT2D eigenvalue weighted by molar-refractivity contribution is 7.92. The Labute approximate surface area is 178 Å². The minimum Gasteiger partial charge on any atom is -0.381 e. The lowest BCUT2D eigenvalue weighted by Gasteiger charge is -2.27. The van der Waals surface area contributed by atoms with Crippen LogP contribution in [0.25, 0.3) is 0 Å². The van der Waals surface area contributed by atoms with E-state index < -0.39 is 10.0 Å². The van der Waals surface area contributed by atoms with Gasteiger partial charge in [-0.2, -0.15) is 0 Å². The van der Waals surface area contributed by atoms with Crippen molar-refractivity contribution in [3.8, 4) is 0 Å². The van der Waals surface area contributed by atoms with Gasteiger partial charge in [-0.25, -0.2) is 8.42 Å². The van der Waals surface area contributed by atoms with E-state index in [1.165, 1.54) is 17.4 Å². The Balaban J connectivity index is 1.50. The molecule has 2 heterocycles. The predicted octanol–water partition coefficient (Wildman–Crippen LogP) is 3.40. The number of hydrogen-bond donors (Lipinski definition) is 0. The van der Waals surface area contributed by atoms with Crippen molar-refractivity contribution in [2.75, 3.05) is 37.7 Å². The van der Waals surface area contributed by atoms with E-state index in [0.717, 1.165) is 45.6 Å². The van der Waals surface area contributed by atoms with E-state index in [0.29, 0.717) is 23.1 Å². The Morgan fingerprint density at radius 2 is 1.73 bits per heavy atom. The summed E-state index contributed by atoms with van der Waals surface area (Å²) in [6, 6.07) is 15.3. The van der Waals surface area contributed by atoms with Gasteiger partial charge in [0, 0.05) is 38.9 Å². The number of rotatable bonds is 5. The van der Waals surface area contributed by atoms with Crippen LogP contribution in [0.2, 0.25) is 0 Å². The van der Waals surface area contributed by atoms with Gasteiger partial charge in [-0.3, -0.25) is 9.10 Å². The van der Waals surface area contributed by atoms with Gasteiger partial charge in [0.1, 0.15) is 0 Å². The first-order valence-corrected chi connectivity index (χ1v) is 11.9. The molecule has 2 fully saturated rings. The number of carbonyl (C=O) groups excluding carboxylic acids is 1. The van der Waals surface area contributed by atoms with E-state index in [9.17, 15) is 13.2 Å². The van der Waals surface area contributed by atoms with Crippen molar-refractivity contribution in [1.82, 2.24) is 4.90 Å². The van der Waals surface area contributed by atoms with Crippen LogP contribution in [0.4, 0.5) is 5.69 Å². The maximum absolute atomic E-state index is 13.1. The lowest BCUT2D eigenvalue weighted by molar-refractivity contribution is 0.0471. The molecule has 2 aromatic rings. The molecule has 2 aliphatic heterocycles. The molecule has 0 spiro atoms. The number of carbonyl (C=O) groups is 1. The Bertz CT molecular complexity index is 987. The van der Waals surface area contributed by atoms with Crippen LogP contribution in [0.5, 0.6) is 0 Å². The maximum atomic E-state index is 13.1. The minimum absolute atomic E-state index is 0.0935. The molecule has 0 saturated carbocycles. The molecule has 0 N–H and O–H groups in total. The Morgan fingerprint density at radius 1 is 1.00 bits per heavy atom. The maximum Gasteiger partial charge on any atom is 0.264 e. The summed E-state index contributed by atoms with van der Waals surface area (Å²) in [5.41, 5.74) is 0.998. The molecule has 0 aromatic heterocycles. The highest BCUT2D eigenvalue weighted by Gasteiger charge is 2.33. The molecule has 30 heavy (non-hydrogen) atoms. The first kappa shape index (κ1) is 20.9. The fraction of sp³-hybridized carbons (Fsp3) is 0.435. The SMILES string of the molecule is CN(c1ccccc1)S(=O)(=O)c1cccc(C(=O)N2CCC(C3CCOCC3)C2)c1. The zero-order valence-electron chi connectivity index (χ0n) is 17.2. The fourth-order valence-electron chi connectivity index (χ4n) is 4.45. The van der Waals surface area contributed by atoms with Crippen LogP contribution in [-0.4, -0.2) is 52.6 Å². The van der Waals surface area contributed by atoms with Crippen molar-refractivity contribution in [3.05, 3.63) is 60.2 Å². The molecular formula is C23H28N2O4S. The lowest BCUT2D eigenvalue weighted by Crippen LogP contribution is -2.31. The molecule has 160 valence electrons. The average Bonchev–Trinajstić information content (AvgIpc) is 3.29. The van der Waals surface area contributed by atoms with Crippen LogP contribution in [0.1, 0.15) is 29.6 Å². The summed E-state index contributed by atoms with van der Waals surface area (Å²) < 4.78 is 32.9. The van der Waals surface area contributed by atoms with E-state index >= 15 is 0 Å². The van der Waals surface area contributed by atoms with Crippen LogP contribution < -0.4 is 4.31 Å². The van der Waals surface area contributed by atoms with Crippen LogP contribution >= 0.6 is 0 Å². The smallest absolute Gasteiger partial charge is 0.264 e. The van der Waals surface area contributed by atoms with Gasteiger partial charge in [0.05, 0.1) is 10.6 Å². The van der Waals surface area contributed by atoms with Crippen molar-refractivity contribution >= 4 is 21.6 Å². The number of para-hydroxylation sites is 1. The monoisotopic (exact) mass is 428 g/mol. The van der Waals surface area contributed by atoms with Crippen molar-refractivity contribution in [1.29, 1.82) is 0 Å². The summed E-state index contributed by atoms with van der Waals surface area (Å²) in [6.45, 7) is 3.08. The van der Waals surface area contributed by atoms with Crippen molar-refractivity contribution in [2.45, 2.75) is 24.2 Å². The molecule has 1 amide bonds. The molecular weight excluding hydrogens is 400 g/mol. The molecule has 1 unspecified atom stereocenters. The van der Waals surface area contributed by atoms with Crippen molar-refractivity contribution < 1.29 is 17.9 Å². The second kappa shape index (κ2) is 8.78. The number of sulfonamides is 1. The fourth-order valence-corrected chi connectivity index (χ4v) is 5.69. The molecule has 2 aromatic carbocycles. The van der Waals surface area contributed by atoms with Gasteiger partial charge in [0.15, 0.2) is 0 Å². The molecule has 7 heteroatoms. The van der Waals surface area contributed by atoms with Gasteiger partial charge in [-0.1, -0.05) is 24.3 Å². The standard InChI is InChI=1S/C23H28N2O4S/c1-24(21-7-3-2-4-8-21)30(27,28)22-9-5-6-19(16-22)23(26)25-13-10-20(17-25)18-11-14-29-15-12-18/h2-9,16,18,20H,10-15,17H2,1H3. The number of amides is 1. The third kappa shape index (κ3) is 4.23. The highest BCUT2D eigenvalue weighted by atomic mass is 32.2. The Morgan fingerprint density at radius 3 is 2.47 bits per heavy atom. The molecule has 0 aliphatic carbocycles. The van der Waals surface area contributed by atoms with Crippen molar-refractivity contribution in [3.63, 3.8) is 0 Å². The molecule has 1 atom stereocenters. The second-order valence-electron chi connectivity index (χ2n) is 8.09. The normalized spacial score (nSPS) is 20.3. The summed E-state index contributed by atoms with van der Waals surface area (Å²) in [5, 5.41) is 0. The summed E-state index contributed by atoms with van der Waals surface area (Å²) in [6.07, 6.45) is 3.13. The molecule has 4 rings (SSSR count). The van der Waals surface area contributed by atoms with Gasteiger partial charge in [-0.15, -0.1) is 0 Å².